The molecule has 0 bridgehead atoms. The molecular weight excluding hydrogens is 510 g/mol. The van der Waals surface area contributed by atoms with Gasteiger partial charge in [-0.25, -0.2) is 0 Å². The fourth-order valence-electron chi connectivity index (χ4n) is 5.56. The van der Waals surface area contributed by atoms with E-state index in [4.69, 9.17) is 4.74 Å². The van der Waals surface area contributed by atoms with Gasteiger partial charge < -0.3 is 4.74 Å². The number of aryl methyl sites for hydroxylation is 1. The summed E-state index contributed by atoms with van der Waals surface area (Å²) in [5, 5.41) is 0. The van der Waals surface area contributed by atoms with Crippen molar-refractivity contribution in [3.05, 3.63) is 105 Å². The van der Waals surface area contributed by atoms with Crippen molar-refractivity contribution in [2.75, 3.05) is 0 Å². The van der Waals surface area contributed by atoms with Gasteiger partial charge in [0.1, 0.15) is 0 Å². The van der Waals surface area contributed by atoms with E-state index in [2.05, 4.69) is 15.9 Å². The molecule has 7 heteroatoms. The number of rotatable bonds is 3. The molecule has 3 aliphatic rings. The zero-order valence-electron chi connectivity index (χ0n) is 18.7. The van der Waals surface area contributed by atoms with Crippen molar-refractivity contribution in [2.45, 2.75) is 25.2 Å². The van der Waals surface area contributed by atoms with E-state index < -0.39 is 46.9 Å². The van der Waals surface area contributed by atoms with Crippen molar-refractivity contribution in [3.8, 4) is 0 Å². The van der Waals surface area contributed by atoms with E-state index in [-0.39, 0.29) is 17.7 Å². The van der Waals surface area contributed by atoms with Crippen molar-refractivity contribution >= 4 is 39.3 Å². The van der Waals surface area contributed by atoms with E-state index in [0.29, 0.717) is 5.56 Å². The van der Waals surface area contributed by atoms with E-state index in [9.17, 15) is 19.2 Å². The second kappa shape index (κ2) is 7.80. The maximum absolute atomic E-state index is 13.8. The lowest BCUT2D eigenvalue weighted by molar-refractivity contribution is -0.145. The highest BCUT2D eigenvalue weighted by Crippen LogP contribution is 2.57. The molecule has 2 saturated heterocycles. The molecule has 174 valence electrons. The van der Waals surface area contributed by atoms with E-state index in [1.54, 1.807) is 48.5 Å². The van der Waals surface area contributed by atoms with Crippen LogP contribution in [0.25, 0.3) is 0 Å². The van der Waals surface area contributed by atoms with Gasteiger partial charge in [-0.1, -0.05) is 82.2 Å². The van der Waals surface area contributed by atoms with Crippen LogP contribution in [0.15, 0.2) is 77.3 Å². The number of likely N-dealkylation sites (tertiary alicyclic amines) is 1. The molecule has 3 aromatic carbocycles. The standard InChI is InChI=1S/C28H20BrNO5/c1-15-6-8-16(9-7-15)14-30-26(33)21-22(27(30)34)28(35-23(21)17-10-12-18(29)13-11-17)24(31)19-4-2-3-5-20(19)25(28)32/h2-13,21-23H,14H2,1H3/t21-,22+,23+/m0/s1. The van der Waals surface area contributed by atoms with Crippen LogP contribution in [0.2, 0.25) is 0 Å². The number of ether oxygens (including phenoxy) is 1. The normalized spacial score (nSPS) is 24.4. The van der Waals surface area contributed by atoms with Gasteiger partial charge in [0.05, 0.1) is 24.5 Å². The van der Waals surface area contributed by atoms with Crippen molar-refractivity contribution in [3.63, 3.8) is 0 Å². The van der Waals surface area contributed by atoms with Gasteiger partial charge in [-0.15, -0.1) is 0 Å². The Hall–Kier alpha value is -3.42. The van der Waals surface area contributed by atoms with Gasteiger partial charge in [0.25, 0.3) is 0 Å². The lowest BCUT2D eigenvalue weighted by Crippen LogP contribution is -2.50. The van der Waals surface area contributed by atoms with Crippen molar-refractivity contribution in [2.24, 2.45) is 11.8 Å². The lowest BCUT2D eigenvalue weighted by Gasteiger charge is -2.27. The molecule has 1 spiro atoms. The minimum absolute atomic E-state index is 0.0728. The third-order valence-electron chi connectivity index (χ3n) is 7.27. The number of halogens is 1. The molecule has 2 aliphatic heterocycles. The number of hydrogen-bond acceptors (Lipinski definition) is 5. The Morgan fingerprint density at radius 3 is 2.03 bits per heavy atom. The quantitative estimate of drug-likeness (QED) is 0.370. The summed E-state index contributed by atoms with van der Waals surface area (Å²) in [7, 11) is 0. The topological polar surface area (TPSA) is 80.8 Å². The molecule has 2 heterocycles. The van der Waals surface area contributed by atoms with Gasteiger partial charge >= 0.3 is 0 Å². The summed E-state index contributed by atoms with van der Waals surface area (Å²) in [6.07, 6.45) is -0.908. The minimum atomic E-state index is -2.04. The predicted octanol–water partition coefficient (Wildman–Crippen LogP) is 4.45. The van der Waals surface area contributed by atoms with Crippen LogP contribution < -0.4 is 0 Å². The molecule has 2 fully saturated rings. The number of nitrogens with zero attached hydrogens (tertiary/aromatic N) is 1. The second-order valence-corrected chi connectivity index (χ2v) is 10.2. The molecule has 3 atom stereocenters. The molecule has 0 radical (unpaired) electrons. The number of amides is 2. The molecule has 6 nitrogen and oxygen atoms in total. The van der Waals surface area contributed by atoms with Crippen LogP contribution in [-0.2, 0) is 20.9 Å². The Morgan fingerprint density at radius 1 is 0.829 bits per heavy atom. The van der Waals surface area contributed by atoms with Gasteiger partial charge in [0.15, 0.2) is 0 Å². The Morgan fingerprint density at radius 2 is 1.43 bits per heavy atom. The van der Waals surface area contributed by atoms with Crippen LogP contribution >= 0.6 is 15.9 Å². The summed E-state index contributed by atoms with van der Waals surface area (Å²) < 4.78 is 7.12. The summed E-state index contributed by atoms with van der Waals surface area (Å²) in [4.78, 5) is 56.2. The summed E-state index contributed by atoms with van der Waals surface area (Å²) in [5.41, 5.74) is 0.901. The molecule has 3 aromatic rings. The van der Waals surface area contributed by atoms with Crippen LogP contribution in [0.3, 0.4) is 0 Å². The third kappa shape index (κ3) is 3.04. The van der Waals surface area contributed by atoms with E-state index in [1.807, 2.05) is 31.2 Å². The van der Waals surface area contributed by atoms with Gasteiger partial charge in [-0.3, -0.25) is 24.1 Å². The van der Waals surface area contributed by atoms with Crippen LogP contribution in [0.4, 0.5) is 0 Å². The van der Waals surface area contributed by atoms with Crippen LogP contribution in [0.1, 0.15) is 43.5 Å². The molecule has 2 amide bonds. The van der Waals surface area contributed by atoms with Crippen molar-refractivity contribution in [1.29, 1.82) is 0 Å². The molecule has 6 rings (SSSR count). The Balaban J connectivity index is 1.48. The van der Waals surface area contributed by atoms with Crippen LogP contribution in [0, 0.1) is 18.8 Å². The number of fused-ring (bicyclic) bond motifs is 3. The molecule has 0 unspecified atom stereocenters. The van der Waals surface area contributed by atoms with E-state index in [0.717, 1.165) is 15.6 Å². The van der Waals surface area contributed by atoms with Gasteiger partial charge in [0.2, 0.25) is 29.0 Å². The maximum Gasteiger partial charge on any atom is 0.237 e. The minimum Gasteiger partial charge on any atom is -0.349 e. The van der Waals surface area contributed by atoms with Gasteiger partial charge in [-0.2, -0.15) is 0 Å². The fraction of sp³-hybridized carbons (Fsp3) is 0.214. The summed E-state index contributed by atoms with van der Waals surface area (Å²) in [6, 6.07) is 21.2. The predicted molar refractivity (Wildman–Crippen MR) is 130 cm³/mol. The Kier molecular flexibility index (Phi) is 4.92. The Labute approximate surface area is 210 Å². The number of Topliss-reactive ketones (excluding diaryl/α,β-unsaturated/α-hetero) is 2. The van der Waals surface area contributed by atoms with Crippen LogP contribution in [0.5, 0.6) is 0 Å². The number of benzene rings is 3. The summed E-state index contributed by atoms with van der Waals surface area (Å²) in [6.45, 7) is 2.03. The first-order valence-corrected chi connectivity index (χ1v) is 12.1. The average Bonchev–Trinajstić information content (AvgIpc) is 3.42. The molecule has 0 N–H and O–H groups in total. The number of carbonyl (C=O) groups is 4. The van der Waals surface area contributed by atoms with Gasteiger partial charge in [-0.05, 0) is 30.2 Å². The molecule has 0 aromatic heterocycles. The monoisotopic (exact) mass is 529 g/mol. The third-order valence-corrected chi connectivity index (χ3v) is 7.80. The van der Waals surface area contributed by atoms with Crippen LogP contribution in [-0.4, -0.2) is 33.9 Å². The molecule has 35 heavy (non-hydrogen) atoms. The van der Waals surface area contributed by atoms with Crippen molar-refractivity contribution < 1.29 is 23.9 Å². The van der Waals surface area contributed by atoms with Gasteiger partial charge in [0, 0.05) is 15.6 Å². The molecular formula is C28H20BrNO5. The highest BCUT2D eigenvalue weighted by molar-refractivity contribution is 9.10. The second-order valence-electron chi connectivity index (χ2n) is 9.28. The van der Waals surface area contributed by atoms with E-state index >= 15 is 0 Å². The fourth-order valence-corrected chi connectivity index (χ4v) is 5.83. The number of imide groups is 1. The first kappa shape index (κ1) is 22.1. The highest BCUT2D eigenvalue weighted by Gasteiger charge is 2.74. The zero-order chi connectivity index (χ0) is 24.5. The number of carbonyl (C=O) groups excluding carboxylic acids is 4. The molecule has 0 saturated carbocycles. The smallest absolute Gasteiger partial charge is 0.237 e. The first-order valence-electron chi connectivity index (χ1n) is 11.4. The maximum atomic E-state index is 13.8. The summed E-state index contributed by atoms with van der Waals surface area (Å²) >= 11 is 3.40. The number of ketones is 2. The Bertz CT molecular complexity index is 1380. The number of hydrogen-bond donors (Lipinski definition) is 0. The summed E-state index contributed by atoms with van der Waals surface area (Å²) in [5.74, 6) is -4.27. The average molecular weight is 530 g/mol. The van der Waals surface area contributed by atoms with E-state index in [1.165, 1.54) is 4.90 Å². The molecule has 1 aliphatic carbocycles. The SMILES string of the molecule is Cc1ccc(CN2C(=O)[C@@H]3[C@@H](c4ccc(Br)cc4)OC4(C(=O)c5ccccc5C4=O)[C@H]3C2=O)cc1. The first-order chi connectivity index (χ1) is 16.8. The zero-order valence-corrected chi connectivity index (χ0v) is 20.3. The highest BCUT2D eigenvalue weighted by atomic mass is 79.9. The van der Waals surface area contributed by atoms with Crippen molar-refractivity contribution in [1.82, 2.24) is 4.90 Å². The lowest BCUT2D eigenvalue weighted by atomic mass is 9.77. The largest absolute Gasteiger partial charge is 0.349 e.